The van der Waals surface area contributed by atoms with Crippen LogP contribution in [0.25, 0.3) is 0 Å². The van der Waals surface area contributed by atoms with Crippen molar-refractivity contribution in [2.24, 2.45) is 5.10 Å². The normalized spacial score (nSPS) is 10.6. The van der Waals surface area contributed by atoms with Gasteiger partial charge in [0.2, 0.25) is 0 Å². The van der Waals surface area contributed by atoms with Gasteiger partial charge in [0.15, 0.2) is 0 Å². The molecule has 2 aromatic carbocycles. The molecule has 0 saturated heterocycles. The van der Waals surface area contributed by atoms with Crippen LogP contribution in [-0.2, 0) is 4.79 Å². The molecule has 0 aliphatic rings. The van der Waals surface area contributed by atoms with Gasteiger partial charge in [-0.3, -0.25) is 14.9 Å². The Bertz CT molecular complexity index is 750. The first kappa shape index (κ1) is 17.1. The van der Waals surface area contributed by atoms with Crippen molar-refractivity contribution in [2.45, 2.75) is 13.8 Å². The van der Waals surface area contributed by atoms with Gasteiger partial charge in [-0.1, -0.05) is 18.2 Å². The van der Waals surface area contributed by atoms with Crippen LogP contribution in [0.3, 0.4) is 0 Å². The fourth-order valence-corrected chi connectivity index (χ4v) is 2.16. The molecule has 24 heavy (non-hydrogen) atoms. The lowest BCUT2D eigenvalue weighted by Gasteiger charge is -2.11. The van der Waals surface area contributed by atoms with E-state index in [9.17, 15) is 14.9 Å². The van der Waals surface area contributed by atoms with E-state index in [0.717, 1.165) is 16.8 Å². The molecule has 0 atom stereocenters. The van der Waals surface area contributed by atoms with Crippen LogP contribution in [0, 0.1) is 24.0 Å². The van der Waals surface area contributed by atoms with Crippen LogP contribution in [0.4, 0.5) is 11.4 Å². The third-order valence-electron chi connectivity index (χ3n) is 3.41. The molecular formula is C17H18N4O3. The first-order chi connectivity index (χ1) is 11.5. The van der Waals surface area contributed by atoms with Crippen LogP contribution in [0.1, 0.15) is 16.7 Å². The molecule has 0 radical (unpaired) electrons. The molecule has 7 nitrogen and oxygen atoms in total. The molecule has 1 amide bonds. The zero-order chi connectivity index (χ0) is 17.5. The number of hydrogen-bond donors (Lipinski definition) is 2. The lowest BCUT2D eigenvalue weighted by atomic mass is 10.1. The summed E-state index contributed by atoms with van der Waals surface area (Å²) in [4.78, 5) is 21.9. The van der Waals surface area contributed by atoms with Crippen molar-refractivity contribution in [3.63, 3.8) is 0 Å². The topological polar surface area (TPSA) is 96.6 Å². The number of benzene rings is 2. The molecule has 2 aromatic rings. The number of nitro benzene ring substituents is 1. The minimum absolute atomic E-state index is 0.00832. The number of aryl methyl sites for hydroxylation is 2. The van der Waals surface area contributed by atoms with Crippen molar-refractivity contribution in [2.75, 3.05) is 11.9 Å². The number of hydrazone groups is 1. The first-order valence-corrected chi connectivity index (χ1v) is 7.34. The quantitative estimate of drug-likeness (QED) is 0.484. The highest BCUT2D eigenvalue weighted by atomic mass is 16.6. The number of hydrogen-bond acceptors (Lipinski definition) is 5. The number of nitrogens with zero attached hydrogens (tertiary/aromatic N) is 2. The van der Waals surface area contributed by atoms with Crippen molar-refractivity contribution in [3.05, 3.63) is 69.3 Å². The molecule has 0 heterocycles. The van der Waals surface area contributed by atoms with Gasteiger partial charge in [0.05, 0.1) is 17.7 Å². The molecule has 0 bridgehead atoms. The van der Waals surface area contributed by atoms with Gasteiger partial charge in [0.25, 0.3) is 11.6 Å². The highest BCUT2D eigenvalue weighted by molar-refractivity contribution is 5.84. The number of non-ortho nitro benzene ring substituents is 1. The van der Waals surface area contributed by atoms with Crippen molar-refractivity contribution < 1.29 is 9.72 Å². The molecule has 0 aliphatic heterocycles. The Morgan fingerprint density at radius 2 is 1.79 bits per heavy atom. The smallest absolute Gasteiger partial charge is 0.269 e. The Morgan fingerprint density at radius 1 is 1.17 bits per heavy atom. The van der Waals surface area contributed by atoms with E-state index in [0.29, 0.717) is 5.56 Å². The lowest BCUT2D eigenvalue weighted by Crippen LogP contribution is -2.26. The Morgan fingerprint density at radius 3 is 2.38 bits per heavy atom. The van der Waals surface area contributed by atoms with Crippen LogP contribution in [0.5, 0.6) is 0 Å². The summed E-state index contributed by atoms with van der Waals surface area (Å²) in [5.74, 6) is -0.282. The highest BCUT2D eigenvalue weighted by Gasteiger charge is 2.05. The Balaban J connectivity index is 1.85. The van der Waals surface area contributed by atoms with Crippen LogP contribution >= 0.6 is 0 Å². The minimum Gasteiger partial charge on any atom is -0.376 e. The summed E-state index contributed by atoms with van der Waals surface area (Å²) in [6.45, 7) is 4.04. The summed E-state index contributed by atoms with van der Waals surface area (Å²) in [6, 6.07) is 11.8. The first-order valence-electron chi connectivity index (χ1n) is 7.34. The van der Waals surface area contributed by atoms with E-state index >= 15 is 0 Å². The third-order valence-corrected chi connectivity index (χ3v) is 3.41. The van der Waals surface area contributed by atoms with Crippen LogP contribution in [-0.4, -0.2) is 23.6 Å². The second kappa shape index (κ2) is 7.87. The molecule has 0 saturated carbocycles. The van der Waals surface area contributed by atoms with Crippen molar-refractivity contribution in [1.29, 1.82) is 0 Å². The van der Waals surface area contributed by atoms with Gasteiger partial charge in [0.1, 0.15) is 0 Å². The summed E-state index contributed by atoms with van der Waals surface area (Å²) in [5.41, 5.74) is 6.15. The largest absolute Gasteiger partial charge is 0.376 e. The lowest BCUT2D eigenvalue weighted by molar-refractivity contribution is -0.384. The minimum atomic E-state index is -0.470. The number of carbonyl (C=O) groups is 1. The number of carbonyl (C=O) groups excluding carboxylic acids is 1. The standard InChI is InChI=1S/C17H18N4O3/c1-12-4-3-5-13(2)17(12)18-11-16(22)20-19-10-14-6-8-15(9-7-14)21(23)24/h3-10,18H,11H2,1-2H3,(H,20,22). The van der Waals surface area contributed by atoms with Crippen LogP contribution in [0.15, 0.2) is 47.6 Å². The number of amides is 1. The molecule has 2 N–H and O–H groups in total. The number of nitrogens with one attached hydrogen (secondary N) is 2. The average Bonchev–Trinajstić information content (AvgIpc) is 2.55. The summed E-state index contributed by atoms with van der Waals surface area (Å²) in [6.07, 6.45) is 1.43. The molecule has 2 rings (SSSR count). The van der Waals surface area contributed by atoms with Gasteiger partial charge >= 0.3 is 0 Å². The van der Waals surface area contributed by atoms with Gasteiger partial charge in [-0.05, 0) is 42.7 Å². The third kappa shape index (κ3) is 4.64. The number of para-hydroxylation sites is 1. The highest BCUT2D eigenvalue weighted by Crippen LogP contribution is 2.18. The van der Waals surface area contributed by atoms with E-state index < -0.39 is 4.92 Å². The molecule has 124 valence electrons. The van der Waals surface area contributed by atoms with E-state index in [1.807, 2.05) is 32.0 Å². The number of nitro groups is 1. The zero-order valence-corrected chi connectivity index (χ0v) is 13.4. The molecule has 7 heteroatoms. The Hall–Kier alpha value is -3.22. The van der Waals surface area contributed by atoms with E-state index in [4.69, 9.17) is 0 Å². The van der Waals surface area contributed by atoms with Crippen molar-refractivity contribution in [1.82, 2.24) is 5.43 Å². The summed E-state index contributed by atoms with van der Waals surface area (Å²) < 4.78 is 0. The zero-order valence-electron chi connectivity index (χ0n) is 13.4. The van der Waals surface area contributed by atoms with Gasteiger partial charge in [-0.2, -0.15) is 5.10 Å². The SMILES string of the molecule is Cc1cccc(C)c1NCC(=O)NN=Cc1ccc([N+](=O)[O-])cc1. The van der Waals surface area contributed by atoms with Crippen molar-refractivity contribution in [3.8, 4) is 0 Å². The van der Waals surface area contributed by atoms with Crippen molar-refractivity contribution >= 4 is 23.5 Å². The maximum absolute atomic E-state index is 11.8. The second-order valence-corrected chi connectivity index (χ2v) is 5.26. The van der Waals surface area contributed by atoms with E-state index in [1.165, 1.54) is 18.3 Å². The second-order valence-electron chi connectivity index (χ2n) is 5.26. The van der Waals surface area contributed by atoms with E-state index in [1.54, 1.807) is 12.1 Å². The number of anilines is 1. The van der Waals surface area contributed by atoms with E-state index in [-0.39, 0.29) is 18.1 Å². The summed E-state index contributed by atoms with van der Waals surface area (Å²) in [7, 11) is 0. The molecule has 0 aromatic heterocycles. The molecule has 0 aliphatic carbocycles. The predicted molar refractivity (Wildman–Crippen MR) is 93.2 cm³/mol. The van der Waals surface area contributed by atoms with Gasteiger partial charge in [-0.15, -0.1) is 0 Å². The number of rotatable bonds is 6. The fraction of sp³-hybridized carbons (Fsp3) is 0.176. The van der Waals surface area contributed by atoms with Gasteiger partial charge in [-0.25, -0.2) is 5.43 Å². The van der Waals surface area contributed by atoms with Crippen LogP contribution in [0.2, 0.25) is 0 Å². The molecule has 0 unspecified atom stereocenters. The van der Waals surface area contributed by atoms with Gasteiger partial charge < -0.3 is 5.32 Å². The molecule has 0 fully saturated rings. The maximum atomic E-state index is 11.8. The van der Waals surface area contributed by atoms with Crippen LogP contribution < -0.4 is 10.7 Å². The van der Waals surface area contributed by atoms with E-state index in [2.05, 4.69) is 15.8 Å². The maximum Gasteiger partial charge on any atom is 0.269 e. The molecular weight excluding hydrogens is 308 g/mol. The fourth-order valence-electron chi connectivity index (χ4n) is 2.16. The summed E-state index contributed by atoms with van der Waals surface area (Å²) in [5, 5.41) is 17.5. The summed E-state index contributed by atoms with van der Waals surface area (Å²) >= 11 is 0. The monoisotopic (exact) mass is 326 g/mol. The predicted octanol–water partition coefficient (Wildman–Crippen LogP) is 2.77. The Kier molecular flexibility index (Phi) is 5.62. The Labute approximate surface area is 139 Å². The average molecular weight is 326 g/mol. The van der Waals surface area contributed by atoms with Gasteiger partial charge in [0, 0.05) is 17.8 Å². The molecule has 0 spiro atoms.